The van der Waals surface area contributed by atoms with Gasteiger partial charge in [0.25, 0.3) is 0 Å². The number of hydrogen-bond donors (Lipinski definition) is 0. The highest BCUT2D eigenvalue weighted by molar-refractivity contribution is 5.82. The van der Waals surface area contributed by atoms with Crippen molar-refractivity contribution >= 4 is 5.78 Å². The molecule has 2 rings (SSSR count). The normalized spacial score (nSPS) is 29.2. The summed E-state index contributed by atoms with van der Waals surface area (Å²) >= 11 is 0. The zero-order valence-corrected chi connectivity index (χ0v) is 7.83. The third-order valence-corrected chi connectivity index (χ3v) is 2.86. The summed E-state index contributed by atoms with van der Waals surface area (Å²) in [5.74, 6) is 0.731. The van der Waals surface area contributed by atoms with E-state index in [1.165, 1.54) is 0 Å². The first kappa shape index (κ1) is 9.16. The van der Waals surface area contributed by atoms with Gasteiger partial charge < -0.3 is 9.47 Å². The molecule has 1 atom stereocenters. The van der Waals surface area contributed by atoms with Gasteiger partial charge in [0.2, 0.25) is 0 Å². The molecule has 0 aromatic heterocycles. The Kier molecular flexibility index (Phi) is 2.96. The van der Waals surface area contributed by atoms with Gasteiger partial charge in [0, 0.05) is 18.9 Å². The maximum Gasteiger partial charge on any atom is 0.136 e. The number of hydrogen-bond acceptors (Lipinski definition) is 3. The molecule has 0 bridgehead atoms. The maximum absolute atomic E-state index is 11.3. The number of Topliss-reactive ketones (excluding diaryl/α,β-unsaturated/α-hetero) is 1. The van der Waals surface area contributed by atoms with Crippen molar-refractivity contribution in [2.75, 3.05) is 19.8 Å². The van der Waals surface area contributed by atoms with Crippen LogP contribution in [0.2, 0.25) is 0 Å². The van der Waals surface area contributed by atoms with Crippen molar-refractivity contribution in [2.24, 2.45) is 5.92 Å². The lowest BCUT2D eigenvalue weighted by molar-refractivity contribution is -0.134. The van der Waals surface area contributed by atoms with Crippen molar-refractivity contribution in [2.45, 2.75) is 31.8 Å². The first-order chi connectivity index (χ1) is 6.36. The van der Waals surface area contributed by atoms with Crippen LogP contribution in [0.15, 0.2) is 0 Å². The van der Waals surface area contributed by atoms with E-state index >= 15 is 0 Å². The van der Waals surface area contributed by atoms with Gasteiger partial charge in [-0.3, -0.25) is 4.79 Å². The fourth-order valence-electron chi connectivity index (χ4n) is 1.88. The topological polar surface area (TPSA) is 35.5 Å². The largest absolute Gasteiger partial charge is 0.376 e. The highest BCUT2D eigenvalue weighted by Gasteiger charge is 2.25. The van der Waals surface area contributed by atoms with E-state index in [9.17, 15) is 4.79 Å². The molecule has 0 aromatic rings. The number of rotatable bonds is 4. The summed E-state index contributed by atoms with van der Waals surface area (Å²) in [7, 11) is 0. The summed E-state index contributed by atoms with van der Waals surface area (Å²) in [4.78, 5) is 11.3. The van der Waals surface area contributed by atoms with Gasteiger partial charge in [-0.15, -0.1) is 0 Å². The van der Waals surface area contributed by atoms with Crippen LogP contribution in [0, 0.1) is 5.92 Å². The minimum atomic E-state index is 0.293. The highest BCUT2D eigenvalue weighted by Crippen LogP contribution is 2.24. The van der Waals surface area contributed by atoms with Crippen LogP contribution in [-0.2, 0) is 14.3 Å². The molecular formula is C10H16O3. The fourth-order valence-corrected chi connectivity index (χ4v) is 1.88. The zero-order chi connectivity index (χ0) is 9.10. The van der Waals surface area contributed by atoms with Gasteiger partial charge in [-0.2, -0.15) is 0 Å². The van der Waals surface area contributed by atoms with Crippen molar-refractivity contribution < 1.29 is 14.3 Å². The first-order valence-electron chi connectivity index (χ1n) is 5.08. The monoisotopic (exact) mass is 184 g/mol. The van der Waals surface area contributed by atoms with E-state index in [-0.39, 0.29) is 0 Å². The molecular weight excluding hydrogens is 168 g/mol. The molecule has 0 spiro atoms. The van der Waals surface area contributed by atoms with E-state index in [1.807, 2.05) is 0 Å². The molecule has 3 heteroatoms. The van der Waals surface area contributed by atoms with Crippen molar-refractivity contribution in [1.82, 2.24) is 0 Å². The van der Waals surface area contributed by atoms with E-state index in [4.69, 9.17) is 9.47 Å². The second-order valence-electron chi connectivity index (χ2n) is 3.87. The second-order valence-corrected chi connectivity index (χ2v) is 3.87. The highest BCUT2D eigenvalue weighted by atomic mass is 16.6. The van der Waals surface area contributed by atoms with Gasteiger partial charge in [-0.1, -0.05) is 0 Å². The Bertz CT molecular complexity index is 187. The van der Waals surface area contributed by atoms with Crippen LogP contribution >= 0.6 is 0 Å². The quantitative estimate of drug-likeness (QED) is 0.657. The van der Waals surface area contributed by atoms with Crippen LogP contribution in [0.1, 0.15) is 25.7 Å². The first-order valence-corrected chi connectivity index (χ1v) is 5.08. The van der Waals surface area contributed by atoms with Crippen molar-refractivity contribution in [3.63, 3.8) is 0 Å². The number of carbonyl (C=O) groups is 1. The molecule has 1 heterocycles. The summed E-state index contributed by atoms with van der Waals surface area (Å²) in [6.45, 7) is 2.20. The van der Waals surface area contributed by atoms with Gasteiger partial charge in [0.15, 0.2) is 0 Å². The van der Waals surface area contributed by atoms with E-state index < -0.39 is 0 Å². The molecule has 2 fully saturated rings. The van der Waals surface area contributed by atoms with Crippen LogP contribution in [0.25, 0.3) is 0 Å². The standard InChI is InChI=1S/C10H16O3/c11-10-3-1-2-8(10)4-5-13-9-6-12-7-9/h8-9H,1-7H2. The third-order valence-electron chi connectivity index (χ3n) is 2.86. The summed E-state index contributed by atoms with van der Waals surface area (Å²) in [6, 6.07) is 0. The predicted molar refractivity (Wildman–Crippen MR) is 47.5 cm³/mol. The molecule has 74 valence electrons. The van der Waals surface area contributed by atoms with Crippen molar-refractivity contribution in [3.8, 4) is 0 Å². The molecule has 0 radical (unpaired) electrons. The Hall–Kier alpha value is -0.410. The lowest BCUT2D eigenvalue weighted by Crippen LogP contribution is -2.36. The number of ketones is 1. The zero-order valence-electron chi connectivity index (χ0n) is 7.83. The van der Waals surface area contributed by atoms with Gasteiger partial charge in [-0.25, -0.2) is 0 Å². The summed E-state index contributed by atoms with van der Waals surface area (Å²) in [6.07, 6.45) is 4.16. The summed E-state index contributed by atoms with van der Waals surface area (Å²) in [5, 5.41) is 0. The minimum absolute atomic E-state index is 0.293. The van der Waals surface area contributed by atoms with Crippen LogP contribution in [0.4, 0.5) is 0 Å². The molecule has 1 aliphatic carbocycles. The van der Waals surface area contributed by atoms with Crippen LogP contribution in [-0.4, -0.2) is 31.7 Å². The molecule has 1 saturated heterocycles. The lowest BCUT2D eigenvalue weighted by atomic mass is 10.0. The number of ether oxygens (including phenoxy) is 2. The van der Waals surface area contributed by atoms with E-state index in [0.29, 0.717) is 17.8 Å². The fraction of sp³-hybridized carbons (Fsp3) is 0.900. The molecule has 0 amide bonds. The smallest absolute Gasteiger partial charge is 0.136 e. The molecule has 1 saturated carbocycles. The van der Waals surface area contributed by atoms with Crippen LogP contribution in [0.3, 0.4) is 0 Å². The van der Waals surface area contributed by atoms with E-state index in [2.05, 4.69) is 0 Å². The van der Waals surface area contributed by atoms with Gasteiger partial charge in [-0.05, 0) is 19.3 Å². The molecule has 0 aromatic carbocycles. The average molecular weight is 184 g/mol. The minimum Gasteiger partial charge on any atom is -0.376 e. The van der Waals surface area contributed by atoms with Crippen LogP contribution < -0.4 is 0 Å². The Morgan fingerprint density at radius 3 is 2.85 bits per heavy atom. The molecule has 13 heavy (non-hydrogen) atoms. The summed E-state index contributed by atoms with van der Waals surface area (Å²) in [5.41, 5.74) is 0. The Morgan fingerprint density at radius 1 is 1.46 bits per heavy atom. The Morgan fingerprint density at radius 2 is 2.31 bits per heavy atom. The SMILES string of the molecule is O=C1CCCC1CCOC1COC1. The van der Waals surface area contributed by atoms with E-state index in [1.54, 1.807) is 0 Å². The number of carbonyl (C=O) groups excluding carboxylic acids is 1. The van der Waals surface area contributed by atoms with Gasteiger partial charge in [0.1, 0.15) is 11.9 Å². The Balaban J connectivity index is 1.58. The summed E-state index contributed by atoms with van der Waals surface area (Å²) < 4.78 is 10.5. The third kappa shape index (κ3) is 2.29. The average Bonchev–Trinajstić information content (AvgIpc) is 2.42. The molecule has 3 nitrogen and oxygen atoms in total. The van der Waals surface area contributed by atoms with Crippen molar-refractivity contribution in [3.05, 3.63) is 0 Å². The molecule has 1 aliphatic heterocycles. The van der Waals surface area contributed by atoms with Gasteiger partial charge in [0.05, 0.1) is 13.2 Å². The van der Waals surface area contributed by atoms with E-state index in [0.717, 1.165) is 45.5 Å². The lowest BCUT2D eigenvalue weighted by Gasteiger charge is -2.26. The van der Waals surface area contributed by atoms with Gasteiger partial charge >= 0.3 is 0 Å². The Labute approximate surface area is 78.4 Å². The predicted octanol–water partition coefficient (Wildman–Crippen LogP) is 1.16. The molecule has 2 aliphatic rings. The van der Waals surface area contributed by atoms with Crippen LogP contribution in [0.5, 0.6) is 0 Å². The molecule has 1 unspecified atom stereocenters. The molecule has 0 N–H and O–H groups in total. The maximum atomic E-state index is 11.3. The second kappa shape index (κ2) is 4.20. The van der Waals surface area contributed by atoms with Crippen molar-refractivity contribution in [1.29, 1.82) is 0 Å².